The van der Waals surface area contributed by atoms with Crippen LogP contribution in [0.5, 0.6) is 5.75 Å². The average molecular weight is 657 g/mol. The number of benzene rings is 1. The van der Waals surface area contributed by atoms with Gasteiger partial charge in [-0.15, -0.1) is 0 Å². The molecular weight excluding hydrogens is 600 g/mol. The summed E-state index contributed by atoms with van der Waals surface area (Å²) in [5.41, 5.74) is 2.53. The number of fused-ring (bicyclic) bond motifs is 7. The van der Waals surface area contributed by atoms with Crippen LogP contribution in [0.3, 0.4) is 0 Å². The zero-order valence-electron chi connectivity index (χ0n) is 30.6. The van der Waals surface area contributed by atoms with Crippen LogP contribution < -0.4 is 4.74 Å². The molecule has 260 valence electrons. The van der Waals surface area contributed by atoms with Crippen LogP contribution >= 0.6 is 0 Å². The van der Waals surface area contributed by atoms with E-state index in [1.54, 1.807) is 0 Å². The quantitative estimate of drug-likeness (QED) is 0.183. The summed E-state index contributed by atoms with van der Waals surface area (Å²) in [6, 6.07) is 4.23. The molecule has 6 nitrogen and oxygen atoms in total. The third kappa shape index (κ3) is 4.07. The van der Waals surface area contributed by atoms with Crippen LogP contribution in [0.2, 0.25) is 0 Å². The zero-order valence-corrected chi connectivity index (χ0v) is 30.6. The number of ether oxygens (including phenoxy) is 3. The molecule has 0 radical (unpaired) electrons. The molecule has 6 heteroatoms. The fourth-order valence-corrected chi connectivity index (χ4v) is 13.7. The Bertz CT molecular complexity index is 1630. The van der Waals surface area contributed by atoms with Gasteiger partial charge in [-0.25, -0.2) is 0 Å². The standard InChI is InChI=1S/C42H56O6/c1-24-12-9-19-41(27(24)22-32-40(8)21-15-30-37(3,4)17-11-20-42(30,32)36(45)48-40)34-28(47-35(41)44)14-13-26-33(34)29(46-25(2)43)23-31-38(5,6)16-10-18-39(26,31)7/h12-14,27,29-32H,9-11,15-23H2,1-8H3/t27-,29+,30?,31?,32+,39-,40+,41+,42-/m1/s1. The first kappa shape index (κ1) is 32.6. The van der Waals surface area contributed by atoms with E-state index in [-0.39, 0.29) is 51.9 Å². The Morgan fingerprint density at radius 1 is 0.896 bits per heavy atom. The second kappa shape index (κ2) is 10.2. The number of carbonyl (C=O) groups is 3. The van der Waals surface area contributed by atoms with Crippen LogP contribution in [0, 0.1) is 39.9 Å². The summed E-state index contributed by atoms with van der Waals surface area (Å²) in [5.74, 6) is 0.649. The molecule has 3 saturated carbocycles. The lowest BCUT2D eigenvalue weighted by molar-refractivity contribution is -0.157. The third-order valence-electron chi connectivity index (χ3n) is 15.7. The second-order valence-electron chi connectivity index (χ2n) is 18.9. The van der Waals surface area contributed by atoms with E-state index in [2.05, 4.69) is 60.6 Å². The SMILES string of the molecule is CC(=O)O[C@H]1CC2C(C)(C)CCC[C@]2(C)c2ccc3c(c21)[C@@]1(CCC=C(C)[C@H]1C[C@H]1[C@]2(C)CCC4C(C)(C)CCC[C@@]41C(=O)O2)C(=O)O3. The van der Waals surface area contributed by atoms with Gasteiger partial charge in [-0.05, 0) is 118 Å². The highest BCUT2D eigenvalue weighted by atomic mass is 16.6. The molecule has 48 heavy (non-hydrogen) atoms. The second-order valence-corrected chi connectivity index (χ2v) is 18.9. The van der Waals surface area contributed by atoms with E-state index in [1.165, 1.54) is 18.1 Å². The monoisotopic (exact) mass is 656 g/mol. The lowest BCUT2D eigenvalue weighted by Crippen LogP contribution is -2.57. The summed E-state index contributed by atoms with van der Waals surface area (Å²) in [5, 5.41) is 0. The molecule has 2 unspecified atom stereocenters. The van der Waals surface area contributed by atoms with Crippen molar-refractivity contribution in [3.8, 4) is 5.75 Å². The van der Waals surface area contributed by atoms with Crippen LogP contribution in [-0.2, 0) is 34.7 Å². The van der Waals surface area contributed by atoms with Crippen LogP contribution in [-0.4, -0.2) is 23.5 Å². The van der Waals surface area contributed by atoms with E-state index >= 15 is 0 Å². The molecular formula is C42H56O6. The predicted octanol–water partition coefficient (Wildman–Crippen LogP) is 9.22. The fourth-order valence-electron chi connectivity index (χ4n) is 13.7. The Kier molecular flexibility index (Phi) is 6.93. The Labute approximate surface area is 287 Å². The minimum absolute atomic E-state index is 0.00246. The van der Waals surface area contributed by atoms with Crippen molar-refractivity contribution >= 4 is 17.9 Å². The van der Waals surface area contributed by atoms with E-state index in [0.717, 1.165) is 75.3 Å². The summed E-state index contributed by atoms with van der Waals surface area (Å²) in [6.07, 6.45) is 13.0. The van der Waals surface area contributed by atoms with Crippen molar-refractivity contribution in [1.82, 2.24) is 0 Å². The number of carbonyl (C=O) groups excluding carboxylic acids is 3. The van der Waals surface area contributed by atoms with Crippen LogP contribution in [0.15, 0.2) is 23.8 Å². The highest BCUT2D eigenvalue weighted by molar-refractivity contribution is 5.93. The van der Waals surface area contributed by atoms with Gasteiger partial charge in [-0.1, -0.05) is 65.2 Å². The molecule has 5 aliphatic carbocycles. The van der Waals surface area contributed by atoms with Gasteiger partial charge in [-0.3, -0.25) is 14.4 Å². The van der Waals surface area contributed by atoms with Gasteiger partial charge >= 0.3 is 17.9 Å². The molecule has 2 bridgehead atoms. The fraction of sp³-hybridized carbons (Fsp3) is 0.738. The number of esters is 3. The minimum atomic E-state index is -0.905. The van der Waals surface area contributed by atoms with Crippen molar-refractivity contribution in [3.05, 3.63) is 40.5 Å². The highest BCUT2D eigenvalue weighted by Crippen LogP contribution is 2.70. The Morgan fingerprint density at radius 3 is 2.33 bits per heavy atom. The molecule has 7 aliphatic rings. The van der Waals surface area contributed by atoms with Crippen molar-refractivity contribution in [1.29, 1.82) is 0 Å². The molecule has 1 saturated heterocycles. The zero-order chi connectivity index (χ0) is 34.2. The first-order valence-corrected chi connectivity index (χ1v) is 19.0. The van der Waals surface area contributed by atoms with Crippen molar-refractivity contribution in [2.45, 2.75) is 155 Å². The number of rotatable bonds is 3. The van der Waals surface area contributed by atoms with Gasteiger partial charge < -0.3 is 14.2 Å². The molecule has 0 N–H and O–H groups in total. The molecule has 2 spiro atoms. The average Bonchev–Trinajstić information content (AvgIpc) is 3.32. The molecule has 0 aromatic heterocycles. The number of hydrogen-bond donors (Lipinski definition) is 0. The van der Waals surface area contributed by atoms with Gasteiger partial charge in [0.25, 0.3) is 0 Å². The molecule has 2 heterocycles. The van der Waals surface area contributed by atoms with Crippen LogP contribution in [0.4, 0.5) is 0 Å². The van der Waals surface area contributed by atoms with Crippen molar-refractivity contribution < 1.29 is 28.6 Å². The van der Waals surface area contributed by atoms with Gasteiger partial charge in [0.05, 0.1) is 5.41 Å². The smallest absolute Gasteiger partial charge is 0.322 e. The molecule has 0 amide bonds. The van der Waals surface area contributed by atoms with E-state index in [1.807, 2.05) is 6.07 Å². The Balaban J connectivity index is 1.31. The molecule has 1 aromatic carbocycles. The van der Waals surface area contributed by atoms with E-state index in [4.69, 9.17) is 14.2 Å². The lowest BCUT2D eigenvalue weighted by atomic mass is 9.44. The Hall–Kier alpha value is -2.63. The van der Waals surface area contributed by atoms with E-state index in [0.29, 0.717) is 24.5 Å². The molecule has 8 rings (SSSR count). The van der Waals surface area contributed by atoms with Crippen molar-refractivity contribution in [2.75, 3.05) is 0 Å². The van der Waals surface area contributed by atoms with Crippen LogP contribution in [0.25, 0.3) is 0 Å². The largest absolute Gasteiger partial charge is 0.459 e. The maximum Gasteiger partial charge on any atom is 0.322 e. The molecule has 9 atom stereocenters. The molecule has 2 aliphatic heterocycles. The van der Waals surface area contributed by atoms with Gasteiger partial charge in [-0.2, -0.15) is 0 Å². The first-order chi connectivity index (χ1) is 22.5. The third-order valence-corrected chi connectivity index (χ3v) is 15.7. The number of allylic oxidation sites excluding steroid dienone is 2. The summed E-state index contributed by atoms with van der Waals surface area (Å²) in [7, 11) is 0. The normalized spacial score (nSPS) is 43.2. The molecule has 1 aromatic rings. The van der Waals surface area contributed by atoms with Gasteiger partial charge in [0.1, 0.15) is 22.9 Å². The maximum absolute atomic E-state index is 14.7. The highest BCUT2D eigenvalue weighted by Gasteiger charge is 2.72. The van der Waals surface area contributed by atoms with Crippen LogP contribution in [0.1, 0.15) is 155 Å². The Morgan fingerprint density at radius 2 is 1.60 bits per heavy atom. The topological polar surface area (TPSA) is 78.9 Å². The summed E-state index contributed by atoms with van der Waals surface area (Å²) in [6.45, 7) is 17.7. The van der Waals surface area contributed by atoms with Gasteiger partial charge in [0.2, 0.25) is 0 Å². The maximum atomic E-state index is 14.7. The lowest BCUT2D eigenvalue weighted by Gasteiger charge is -2.57. The van der Waals surface area contributed by atoms with Gasteiger partial charge in [0.15, 0.2) is 0 Å². The number of hydrogen-bond acceptors (Lipinski definition) is 6. The van der Waals surface area contributed by atoms with Gasteiger partial charge in [0, 0.05) is 29.9 Å². The summed E-state index contributed by atoms with van der Waals surface area (Å²) >= 11 is 0. The van der Waals surface area contributed by atoms with Crippen molar-refractivity contribution in [2.24, 2.45) is 39.9 Å². The minimum Gasteiger partial charge on any atom is -0.459 e. The van der Waals surface area contributed by atoms with Crippen molar-refractivity contribution in [3.63, 3.8) is 0 Å². The predicted molar refractivity (Wildman–Crippen MR) is 183 cm³/mol. The van der Waals surface area contributed by atoms with E-state index < -0.39 is 22.5 Å². The first-order valence-electron chi connectivity index (χ1n) is 19.0. The molecule has 4 fully saturated rings. The van der Waals surface area contributed by atoms with E-state index in [9.17, 15) is 14.4 Å². The summed E-state index contributed by atoms with van der Waals surface area (Å²) in [4.78, 5) is 41.7. The summed E-state index contributed by atoms with van der Waals surface area (Å²) < 4.78 is 19.1.